The fraction of sp³-hybridized carbons (Fsp3) is 0.583. The second-order valence-corrected chi connectivity index (χ2v) is 7.68. The van der Waals surface area contributed by atoms with E-state index in [9.17, 15) is 19.1 Å². The van der Waals surface area contributed by atoms with E-state index in [0.29, 0.717) is 6.42 Å². The molecule has 1 aliphatic heterocycles. The molecule has 2 unspecified atom stereocenters. The molecule has 2 atom stereocenters. The molecule has 2 rings (SSSR count). The van der Waals surface area contributed by atoms with Gasteiger partial charge in [0.2, 0.25) is 5.91 Å². The van der Waals surface area contributed by atoms with Gasteiger partial charge in [-0.3, -0.25) is 9.36 Å². The van der Waals surface area contributed by atoms with Crippen LogP contribution in [0.5, 0.6) is 0 Å². The van der Waals surface area contributed by atoms with Gasteiger partial charge < -0.3 is 20.4 Å². The van der Waals surface area contributed by atoms with Crippen molar-refractivity contribution >= 4 is 24.8 Å². The van der Waals surface area contributed by atoms with Gasteiger partial charge in [-0.05, 0) is 30.8 Å². The van der Waals surface area contributed by atoms with Crippen molar-refractivity contribution in [2.24, 2.45) is 0 Å². The molecule has 20 heavy (non-hydrogen) atoms. The van der Waals surface area contributed by atoms with E-state index in [1.807, 2.05) is 17.5 Å². The Morgan fingerprint density at radius 2 is 2.35 bits per heavy atom. The van der Waals surface area contributed by atoms with Gasteiger partial charge >= 0.3 is 7.60 Å². The van der Waals surface area contributed by atoms with Crippen LogP contribution in [0.2, 0.25) is 0 Å². The lowest BCUT2D eigenvalue weighted by Gasteiger charge is -2.32. The molecule has 0 aromatic carbocycles. The number of carbonyl (C=O) groups is 1. The Morgan fingerprint density at radius 3 is 2.90 bits per heavy atom. The van der Waals surface area contributed by atoms with Crippen molar-refractivity contribution in [3.05, 3.63) is 22.4 Å². The van der Waals surface area contributed by atoms with Crippen LogP contribution in [0.1, 0.15) is 24.1 Å². The zero-order valence-electron chi connectivity index (χ0n) is 11.0. The Bertz CT molecular complexity index is 482. The van der Waals surface area contributed by atoms with Gasteiger partial charge in [0.25, 0.3) is 0 Å². The maximum atomic E-state index is 11.9. The van der Waals surface area contributed by atoms with E-state index in [-0.39, 0.29) is 18.4 Å². The summed E-state index contributed by atoms with van der Waals surface area (Å²) in [5, 5.41) is 7.46. The highest BCUT2D eigenvalue weighted by Gasteiger charge is 2.37. The average Bonchev–Trinajstić information content (AvgIpc) is 2.88. The van der Waals surface area contributed by atoms with Gasteiger partial charge in [-0.1, -0.05) is 12.5 Å². The van der Waals surface area contributed by atoms with Crippen molar-refractivity contribution in [1.29, 1.82) is 0 Å². The molecule has 8 heteroatoms. The number of nitrogens with one attached hydrogen (secondary N) is 2. The minimum absolute atomic E-state index is 0.154. The summed E-state index contributed by atoms with van der Waals surface area (Å²) < 4.78 is 11.6. The van der Waals surface area contributed by atoms with Crippen molar-refractivity contribution in [3.8, 4) is 0 Å². The standard InChI is InChI=1S/C12H19N2O4PS/c15-11(8-9-4-3-7-20-9)14-12(19(16,17)18)10-5-1-2-6-13-10/h3-4,7,10,12-13H,1-2,5-6,8H2,(H,14,15)(H2,16,17,18). The molecule has 4 N–H and O–H groups in total. The molecule has 1 aromatic heterocycles. The van der Waals surface area contributed by atoms with E-state index in [4.69, 9.17) is 0 Å². The normalized spacial score (nSPS) is 21.4. The number of thiophene rings is 1. The molecule has 0 radical (unpaired) electrons. The third-order valence-electron chi connectivity index (χ3n) is 3.32. The first-order chi connectivity index (χ1) is 9.47. The Morgan fingerprint density at radius 1 is 1.55 bits per heavy atom. The molecule has 1 saturated heterocycles. The second kappa shape index (κ2) is 6.83. The molecular formula is C12H19N2O4PS. The van der Waals surface area contributed by atoms with E-state index in [0.717, 1.165) is 24.3 Å². The molecule has 1 aromatic rings. The van der Waals surface area contributed by atoms with Crippen LogP contribution in [0.4, 0.5) is 0 Å². The second-order valence-electron chi connectivity index (χ2n) is 4.91. The highest BCUT2D eigenvalue weighted by atomic mass is 32.1. The SMILES string of the molecule is O=C(Cc1cccs1)NC(C1CCCCN1)P(=O)(O)O. The summed E-state index contributed by atoms with van der Waals surface area (Å²) >= 11 is 1.45. The summed E-state index contributed by atoms with van der Waals surface area (Å²) in [6.45, 7) is 0.724. The Labute approximate surface area is 121 Å². The van der Waals surface area contributed by atoms with Gasteiger partial charge in [-0.15, -0.1) is 11.3 Å². The lowest BCUT2D eigenvalue weighted by molar-refractivity contribution is -0.121. The van der Waals surface area contributed by atoms with Gasteiger partial charge in [-0.25, -0.2) is 0 Å². The number of carbonyl (C=O) groups excluding carboxylic acids is 1. The molecule has 1 amide bonds. The van der Waals surface area contributed by atoms with E-state index in [2.05, 4.69) is 10.6 Å². The molecule has 0 spiro atoms. The zero-order chi connectivity index (χ0) is 14.6. The van der Waals surface area contributed by atoms with Gasteiger partial charge in [0.05, 0.1) is 6.42 Å². The van der Waals surface area contributed by atoms with Crippen LogP contribution < -0.4 is 10.6 Å². The molecule has 6 nitrogen and oxygen atoms in total. The number of amides is 1. The number of hydrogen-bond acceptors (Lipinski definition) is 4. The van der Waals surface area contributed by atoms with Gasteiger partial charge in [0.1, 0.15) is 5.78 Å². The van der Waals surface area contributed by atoms with Crippen LogP contribution in [-0.4, -0.2) is 34.1 Å². The predicted molar refractivity (Wildman–Crippen MR) is 77.6 cm³/mol. The molecule has 1 aliphatic rings. The Hall–Kier alpha value is -0.720. The van der Waals surface area contributed by atoms with Gasteiger partial charge in [0, 0.05) is 10.9 Å². The van der Waals surface area contributed by atoms with Crippen LogP contribution in [-0.2, 0) is 15.8 Å². The summed E-state index contributed by atoms with van der Waals surface area (Å²) in [4.78, 5) is 31.7. The largest absolute Gasteiger partial charge is 0.349 e. The smallest absolute Gasteiger partial charge is 0.340 e. The molecule has 1 fully saturated rings. The minimum atomic E-state index is -4.38. The maximum Gasteiger partial charge on any atom is 0.349 e. The van der Waals surface area contributed by atoms with Crippen molar-refractivity contribution in [1.82, 2.24) is 10.6 Å². The quantitative estimate of drug-likeness (QED) is 0.608. The van der Waals surface area contributed by atoms with Crippen LogP contribution in [0.25, 0.3) is 0 Å². The number of hydrogen-bond donors (Lipinski definition) is 4. The topological polar surface area (TPSA) is 98.7 Å². The highest BCUT2D eigenvalue weighted by molar-refractivity contribution is 7.52. The molecule has 112 valence electrons. The third kappa shape index (κ3) is 4.40. The summed E-state index contributed by atoms with van der Waals surface area (Å²) in [5.74, 6) is -1.50. The molecule has 2 heterocycles. The average molecular weight is 318 g/mol. The van der Waals surface area contributed by atoms with Crippen molar-refractivity contribution in [3.63, 3.8) is 0 Å². The first-order valence-electron chi connectivity index (χ1n) is 6.57. The molecule has 0 aliphatic carbocycles. The molecule has 0 bridgehead atoms. The number of rotatable bonds is 5. The van der Waals surface area contributed by atoms with E-state index in [1.165, 1.54) is 11.3 Å². The van der Waals surface area contributed by atoms with Crippen molar-refractivity contribution in [2.45, 2.75) is 37.5 Å². The number of piperidine rings is 1. The summed E-state index contributed by atoms with van der Waals surface area (Å²) in [7, 11) is -4.38. The fourth-order valence-electron chi connectivity index (χ4n) is 2.35. The highest BCUT2D eigenvalue weighted by Crippen LogP contribution is 2.42. The lowest BCUT2D eigenvalue weighted by Crippen LogP contribution is -2.51. The van der Waals surface area contributed by atoms with E-state index in [1.54, 1.807) is 0 Å². The minimum Gasteiger partial charge on any atom is -0.340 e. The predicted octanol–water partition coefficient (Wildman–Crippen LogP) is 1.05. The van der Waals surface area contributed by atoms with Crippen molar-refractivity contribution < 1.29 is 19.1 Å². The first kappa shape index (κ1) is 15.7. The first-order valence-corrected chi connectivity index (χ1v) is 9.13. The maximum absolute atomic E-state index is 11.9. The Kier molecular flexibility index (Phi) is 5.35. The monoisotopic (exact) mass is 318 g/mol. The summed E-state index contributed by atoms with van der Waals surface area (Å²) in [6.07, 6.45) is 2.72. The van der Waals surface area contributed by atoms with Crippen LogP contribution >= 0.6 is 18.9 Å². The Balaban J connectivity index is 2.00. The fourth-order valence-corrected chi connectivity index (χ4v) is 4.09. The van der Waals surface area contributed by atoms with Crippen LogP contribution in [0, 0.1) is 0 Å². The van der Waals surface area contributed by atoms with Gasteiger partial charge in [0.15, 0.2) is 0 Å². The zero-order valence-corrected chi connectivity index (χ0v) is 12.7. The molecule has 0 saturated carbocycles. The van der Waals surface area contributed by atoms with Gasteiger partial charge in [-0.2, -0.15) is 0 Å². The van der Waals surface area contributed by atoms with Crippen LogP contribution in [0.3, 0.4) is 0 Å². The molecular weight excluding hydrogens is 299 g/mol. The van der Waals surface area contributed by atoms with Crippen LogP contribution in [0.15, 0.2) is 17.5 Å². The summed E-state index contributed by atoms with van der Waals surface area (Å²) in [6, 6.07) is 3.31. The summed E-state index contributed by atoms with van der Waals surface area (Å²) in [5.41, 5.74) is 0. The third-order valence-corrected chi connectivity index (χ3v) is 5.41. The van der Waals surface area contributed by atoms with E-state index >= 15 is 0 Å². The lowest BCUT2D eigenvalue weighted by atomic mass is 10.0. The van der Waals surface area contributed by atoms with E-state index < -0.39 is 13.4 Å². The van der Waals surface area contributed by atoms with Crippen molar-refractivity contribution in [2.75, 3.05) is 6.54 Å².